The average molecular weight is 402 g/mol. The van der Waals surface area contributed by atoms with Crippen LogP contribution in [0.3, 0.4) is 0 Å². The minimum atomic E-state index is -0.502. The van der Waals surface area contributed by atoms with Gasteiger partial charge in [-0.2, -0.15) is 0 Å². The zero-order valence-electron chi connectivity index (χ0n) is 14.6. The van der Waals surface area contributed by atoms with E-state index in [2.05, 4.69) is 15.5 Å². The molecule has 1 aromatic heterocycles. The smallest absolute Gasteiger partial charge is 0.277 e. The topological polar surface area (TPSA) is 85.1 Å². The Bertz CT molecular complexity index is 990. The largest absolute Gasteiger partial charge is 0.411 e. The standard InChI is InChI=1S/C19H16ClN3O3S/c1-11(24)15-8-3-4-9-16(15)21-17(25)12(2)27-19-23-22-18(26-19)13-6-5-7-14(20)10-13/h3-10,12H,1-2H3,(H,21,25)/t12-/m0/s1. The molecule has 0 fully saturated rings. The van der Waals surface area contributed by atoms with Crippen LogP contribution in [0.1, 0.15) is 24.2 Å². The quantitative estimate of drug-likeness (QED) is 0.475. The number of carbonyl (C=O) groups is 2. The summed E-state index contributed by atoms with van der Waals surface area (Å²) in [4.78, 5) is 24.1. The van der Waals surface area contributed by atoms with Gasteiger partial charge in [0.2, 0.25) is 11.8 Å². The highest BCUT2D eigenvalue weighted by atomic mass is 35.5. The van der Waals surface area contributed by atoms with E-state index in [1.807, 2.05) is 6.07 Å². The molecule has 0 spiro atoms. The molecule has 0 bridgehead atoms. The Labute approximate surface area is 165 Å². The van der Waals surface area contributed by atoms with E-state index in [0.29, 0.717) is 27.7 Å². The van der Waals surface area contributed by atoms with Gasteiger partial charge in [0.1, 0.15) is 0 Å². The first-order chi connectivity index (χ1) is 12.9. The van der Waals surface area contributed by atoms with Crippen molar-refractivity contribution in [3.63, 3.8) is 0 Å². The highest BCUT2D eigenvalue weighted by molar-refractivity contribution is 8.00. The lowest BCUT2D eigenvalue weighted by molar-refractivity contribution is -0.115. The fourth-order valence-electron chi connectivity index (χ4n) is 2.33. The second-order valence-corrected chi connectivity index (χ2v) is 7.46. The minimum absolute atomic E-state index is 0.116. The number of ketones is 1. The second-order valence-electron chi connectivity index (χ2n) is 5.73. The summed E-state index contributed by atoms with van der Waals surface area (Å²) in [5.74, 6) is -0.0555. The Morgan fingerprint density at radius 2 is 1.93 bits per heavy atom. The van der Waals surface area contributed by atoms with Crippen molar-refractivity contribution < 1.29 is 14.0 Å². The van der Waals surface area contributed by atoms with Gasteiger partial charge in [-0.1, -0.05) is 41.6 Å². The zero-order chi connectivity index (χ0) is 19.4. The number of para-hydroxylation sites is 1. The van der Waals surface area contributed by atoms with Crippen molar-refractivity contribution >= 4 is 40.7 Å². The molecular weight excluding hydrogens is 386 g/mol. The van der Waals surface area contributed by atoms with Crippen LogP contribution in [-0.2, 0) is 4.79 Å². The third-order valence-corrected chi connectivity index (χ3v) is 4.86. The summed E-state index contributed by atoms with van der Waals surface area (Å²) in [6, 6.07) is 13.9. The number of nitrogens with zero attached hydrogens (tertiary/aromatic N) is 2. The summed E-state index contributed by atoms with van der Waals surface area (Å²) in [5.41, 5.74) is 1.64. The van der Waals surface area contributed by atoms with Crippen molar-refractivity contribution in [2.45, 2.75) is 24.3 Å². The lowest BCUT2D eigenvalue weighted by Gasteiger charge is -2.12. The molecule has 0 saturated heterocycles. The maximum Gasteiger partial charge on any atom is 0.277 e. The maximum atomic E-state index is 12.5. The van der Waals surface area contributed by atoms with Crippen LogP contribution in [0.2, 0.25) is 5.02 Å². The Kier molecular flexibility index (Phi) is 5.93. The van der Waals surface area contributed by atoms with Gasteiger partial charge in [-0.05, 0) is 44.2 Å². The van der Waals surface area contributed by atoms with Gasteiger partial charge in [-0.15, -0.1) is 10.2 Å². The van der Waals surface area contributed by atoms with Gasteiger partial charge in [0.15, 0.2) is 5.78 Å². The summed E-state index contributed by atoms with van der Waals surface area (Å²) in [5, 5.41) is 11.1. The first-order valence-electron chi connectivity index (χ1n) is 8.11. The molecular formula is C19H16ClN3O3S. The van der Waals surface area contributed by atoms with Crippen LogP contribution in [-0.4, -0.2) is 27.1 Å². The van der Waals surface area contributed by atoms with Crippen molar-refractivity contribution in [1.29, 1.82) is 0 Å². The number of rotatable bonds is 6. The molecule has 1 amide bonds. The van der Waals surface area contributed by atoms with Crippen molar-refractivity contribution in [3.8, 4) is 11.5 Å². The number of hydrogen-bond acceptors (Lipinski definition) is 6. The molecule has 2 aromatic carbocycles. The molecule has 0 aliphatic heterocycles. The van der Waals surface area contributed by atoms with Gasteiger partial charge >= 0.3 is 0 Å². The lowest BCUT2D eigenvalue weighted by atomic mass is 10.1. The molecule has 0 unspecified atom stereocenters. The Balaban J connectivity index is 1.68. The van der Waals surface area contributed by atoms with Gasteiger partial charge in [0.25, 0.3) is 5.22 Å². The van der Waals surface area contributed by atoms with Crippen molar-refractivity contribution in [2.75, 3.05) is 5.32 Å². The van der Waals surface area contributed by atoms with E-state index in [-0.39, 0.29) is 16.9 Å². The predicted octanol–water partition coefficient (Wildman–Crippen LogP) is 4.71. The van der Waals surface area contributed by atoms with E-state index in [9.17, 15) is 9.59 Å². The Morgan fingerprint density at radius 1 is 1.15 bits per heavy atom. The third kappa shape index (κ3) is 4.75. The van der Waals surface area contributed by atoms with Crippen LogP contribution in [0.15, 0.2) is 58.2 Å². The molecule has 0 saturated carbocycles. The van der Waals surface area contributed by atoms with Crippen LogP contribution < -0.4 is 5.32 Å². The molecule has 0 radical (unpaired) electrons. The molecule has 0 aliphatic carbocycles. The predicted molar refractivity (Wildman–Crippen MR) is 105 cm³/mol. The number of benzene rings is 2. The Hall–Kier alpha value is -2.64. The van der Waals surface area contributed by atoms with E-state index in [1.54, 1.807) is 49.4 Å². The maximum absolute atomic E-state index is 12.5. The van der Waals surface area contributed by atoms with E-state index in [0.717, 1.165) is 11.8 Å². The molecule has 1 N–H and O–H groups in total. The van der Waals surface area contributed by atoms with Gasteiger partial charge < -0.3 is 9.73 Å². The molecule has 0 aliphatic rings. The average Bonchev–Trinajstić information content (AvgIpc) is 3.10. The second kappa shape index (κ2) is 8.37. The van der Waals surface area contributed by atoms with E-state index >= 15 is 0 Å². The molecule has 3 aromatic rings. The molecule has 138 valence electrons. The summed E-state index contributed by atoms with van der Waals surface area (Å²) in [6.45, 7) is 3.18. The van der Waals surface area contributed by atoms with Crippen LogP contribution in [0.25, 0.3) is 11.5 Å². The summed E-state index contributed by atoms with van der Waals surface area (Å²) < 4.78 is 5.61. The Morgan fingerprint density at radius 3 is 2.67 bits per heavy atom. The number of Topliss-reactive ketones (excluding diaryl/α,β-unsaturated/α-hetero) is 1. The van der Waals surface area contributed by atoms with Gasteiger partial charge in [-0.25, -0.2) is 0 Å². The first-order valence-corrected chi connectivity index (χ1v) is 9.36. The fourth-order valence-corrected chi connectivity index (χ4v) is 3.21. The lowest BCUT2D eigenvalue weighted by Crippen LogP contribution is -2.23. The minimum Gasteiger partial charge on any atom is -0.411 e. The highest BCUT2D eigenvalue weighted by Crippen LogP contribution is 2.28. The summed E-state index contributed by atoms with van der Waals surface area (Å²) in [7, 11) is 0. The summed E-state index contributed by atoms with van der Waals surface area (Å²) in [6.07, 6.45) is 0. The molecule has 1 atom stereocenters. The van der Waals surface area contributed by atoms with Crippen LogP contribution in [0.5, 0.6) is 0 Å². The number of halogens is 1. The van der Waals surface area contributed by atoms with Gasteiger partial charge in [-0.3, -0.25) is 9.59 Å². The normalized spacial score (nSPS) is 11.8. The highest BCUT2D eigenvalue weighted by Gasteiger charge is 2.20. The van der Waals surface area contributed by atoms with Crippen LogP contribution in [0, 0.1) is 0 Å². The van der Waals surface area contributed by atoms with Crippen LogP contribution in [0.4, 0.5) is 5.69 Å². The number of hydrogen-bond donors (Lipinski definition) is 1. The zero-order valence-corrected chi connectivity index (χ0v) is 16.2. The number of amides is 1. The number of aromatic nitrogens is 2. The van der Waals surface area contributed by atoms with Gasteiger partial charge in [0, 0.05) is 16.1 Å². The van der Waals surface area contributed by atoms with E-state index in [1.165, 1.54) is 6.92 Å². The van der Waals surface area contributed by atoms with Crippen LogP contribution >= 0.6 is 23.4 Å². The number of thioether (sulfide) groups is 1. The van der Waals surface area contributed by atoms with Crippen molar-refractivity contribution in [2.24, 2.45) is 0 Å². The van der Waals surface area contributed by atoms with E-state index < -0.39 is 5.25 Å². The molecule has 27 heavy (non-hydrogen) atoms. The molecule has 8 heteroatoms. The number of anilines is 1. The van der Waals surface area contributed by atoms with Crippen molar-refractivity contribution in [3.05, 3.63) is 59.1 Å². The van der Waals surface area contributed by atoms with Crippen molar-refractivity contribution in [1.82, 2.24) is 10.2 Å². The SMILES string of the molecule is CC(=O)c1ccccc1NC(=O)[C@H](C)Sc1nnc(-c2cccc(Cl)c2)o1. The fraction of sp³-hybridized carbons (Fsp3) is 0.158. The van der Waals surface area contributed by atoms with E-state index in [4.69, 9.17) is 16.0 Å². The molecule has 3 rings (SSSR count). The third-order valence-electron chi connectivity index (χ3n) is 3.69. The molecule has 1 heterocycles. The number of carbonyl (C=O) groups excluding carboxylic acids is 2. The number of nitrogens with one attached hydrogen (secondary N) is 1. The molecule has 6 nitrogen and oxygen atoms in total. The van der Waals surface area contributed by atoms with Gasteiger partial charge in [0.05, 0.1) is 10.9 Å². The summed E-state index contributed by atoms with van der Waals surface area (Å²) >= 11 is 7.10. The monoisotopic (exact) mass is 401 g/mol. The first kappa shape index (κ1) is 19.1.